The van der Waals surface area contributed by atoms with Crippen LogP contribution < -0.4 is 5.56 Å². The number of hydrogen-bond donors (Lipinski definition) is 0. The van der Waals surface area contributed by atoms with Gasteiger partial charge in [0.1, 0.15) is 5.78 Å². The first kappa shape index (κ1) is 21.5. The highest BCUT2D eigenvalue weighted by Crippen LogP contribution is 2.28. The van der Waals surface area contributed by atoms with Gasteiger partial charge in [-0.25, -0.2) is 4.98 Å². The molecule has 0 fully saturated rings. The van der Waals surface area contributed by atoms with E-state index in [0.717, 1.165) is 0 Å². The van der Waals surface area contributed by atoms with Gasteiger partial charge in [-0.2, -0.15) is 8.78 Å². The van der Waals surface area contributed by atoms with E-state index in [1.165, 1.54) is 16.3 Å². The van der Waals surface area contributed by atoms with Gasteiger partial charge in [-0.05, 0) is 36.4 Å². The lowest BCUT2D eigenvalue weighted by Gasteiger charge is -2.17. The van der Waals surface area contributed by atoms with Crippen LogP contribution in [0.5, 0.6) is 0 Å². The van der Waals surface area contributed by atoms with Crippen LogP contribution in [0.15, 0.2) is 63.4 Å². The summed E-state index contributed by atoms with van der Waals surface area (Å²) in [4.78, 5) is 30.5. The Bertz CT molecular complexity index is 1090. The summed E-state index contributed by atoms with van der Waals surface area (Å²) < 4.78 is 26.6. The van der Waals surface area contributed by atoms with Crippen LogP contribution in [0.4, 0.5) is 8.78 Å². The smallest absolute Gasteiger partial charge is 0.288 e. The van der Waals surface area contributed by atoms with Crippen molar-refractivity contribution in [2.24, 2.45) is 5.41 Å². The van der Waals surface area contributed by atoms with Gasteiger partial charge in [0.05, 0.1) is 22.3 Å². The monoisotopic (exact) mass is 434 g/mol. The maximum absolute atomic E-state index is 13.2. The summed E-state index contributed by atoms with van der Waals surface area (Å²) in [5, 5.41) is 0.839. The molecule has 0 atom stereocenters. The van der Waals surface area contributed by atoms with Crippen molar-refractivity contribution in [3.63, 3.8) is 0 Å². The zero-order chi connectivity index (χ0) is 21.2. The molecule has 0 aliphatic carbocycles. The number of hydrogen-bond acceptors (Lipinski definition) is 5. The summed E-state index contributed by atoms with van der Waals surface area (Å²) in [6.07, 6.45) is 0. The van der Waals surface area contributed by atoms with E-state index in [2.05, 4.69) is 4.98 Å². The average molecular weight is 435 g/mol. The third kappa shape index (κ3) is 5.05. The Balaban J connectivity index is 2.07. The Morgan fingerprint density at radius 1 is 1.10 bits per heavy atom. The summed E-state index contributed by atoms with van der Waals surface area (Å²) in [5.41, 5.74) is 0.292. The number of ketones is 1. The number of alkyl halides is 2. The summed E-state index contributed by atoms with van der Waals surface area (Å²) in [6, 6.07) is 13.3. The van der Waals surface area contributed by atoms with Crippen molar-refractivity contribution in [1.82, 2.24) is 9.55 Å². The predicted octanol–water partition coefficient (Wildman–Crippen LogP) is 5.41. The number of rotatable bonds is 6. The average Bonchev–Trinajstić information content (AvgIpc) is 2.66. The Morgan fingerprint density at radius 2 is 1.76 bits per heavy atom. The molecule has 1 heterocycles. The number of para-hydroxylation sites is 1. The maximum Gasteiger partial charge on any atom is 0.288 e. The number of benzene rings is 2. The number of nitrogens with zero attached hydrogens (tertiary/aromatic N) is 2. The molecule has 8 heteroatoms. The van der Waals surface area contributed by atoms with Crippen molar-refractivity contribution in [3.8, 4) is 5.69 Å². The largest absolute Gasteiger partial charge is 0.298 e. The lowest BCUT2D eigenvalue weighted by atomic mass is 9.92. The van der Waals surface area contributed by atoms with Gasteiger partial charge in [-0.15, -0.1) is 0 Å². The van der Waals surface area contributed by atoms with E-state index in [1.54, 1.807) is 48.5 Å². The van der Waals surface area contributed by atoms with Gasteiger partial charge in [0.15, 0.2) is 5.16 Å². The molecule has 1 aromatic heterocycles. The van der Waals surface area contributed by atoms with Gasteiger partial charge in [0.25, 0.3) is 11.3 Å². The van der Waals surface area contributed by atoms with Crippen molar-refractivity contribution < 1.29 is 13.6 Å². The van der Waals surface area contributed by atoms with Crippen LogP contribution in [0.25, 0.3) is 16.6 Å². The Hall–Kier alpha value is -2.19. The molecular formula is C21H20F2N2O2S2. The molecule has 0 N–H and O–H groups in total. The maximum atomic E-state index is 13.2. The molecule has 0 amide bonds. The first-order valence-electron chi connectivity index (χ1n) is 8.90. The fourth-order valence-corrected chi connectivity index (χ4v) is 4.23. The Kier molecular flexibility index (Phi) is 6.43. The lowest BCUT2D eigenvalue weighted by Crippen LogP contribution is -2.24. The quantitative estimate of drug-likeness (QED) is 0.384. The summed E-state index contributed by atoms with van der Waals surface area (Å²) in [6.45, 7) is 5.53. The van der Waals surface area contributed by atoms with Crippen molar-refractivity contribution in [3.05, 3.63) is 58.9 Å². The number of halogens is 2. The van der Waals surface area contributed by atoms with Gasteiger partial charge in [0, 0.05) is 10.3 Å². The molecule has 0 aliphatic rings. The number of Topliss-reactive ketones (excluding diaryl/α,β-unsaturated/α-hetero) is 1. The highest BCUT2D eigenvalue weighted by Gasteiger charge is 2.22. The van der Waals surface area contributed by atoms with Crippen LogP contribution in [0.1, 0.15) is 20.8 Å². The van der Waals surface area contributed by atoms with Crippen LogP contribution in [0.2, 0.25) is 0 Å². The molecule has 0 spiro atoms. The Morgan fingerprint density at radius 3 is 2.38 bits per heavy atom. The highest BCUT2D eigenvalue weighted by molar-refractivity contribution is 8.00. The van der Waals surface area contributed by atoms with Crippen LogP contribution in [0.3, 0.4) is 0 Å². The van der Waals surface area contributed by atoms with Gasteiger partial charge in [-0.3, -0.25) is 14.2 Å². The fourth-order valence-electron chi connectivity index (χ4n) is 2.56. The van der Waals surface area contributed by atoms with E-state index in [0.29, 0.717) is 38.4 Å². The predicted molar refractivity (Wildman–Crippen MR) is 114 cm³/mol. The van der Waals surface area contributed by atoms with Crippen LogP contribution in [0, 0.1) is 5.41 Å². The standard InChI is InChI=1S/C21H20F2N2O2S2/c1-21(2,3)17(26)12-28-20-24-16-7-5-4-6-15(16)18(27)25(20)13-8-10-14(11-9-13)29-19(22)23/h4-11,19H,12H2,1-3H3. The molecular weight excluding hydrogens is 414 g/mol. The second-order valence-corrected chi connectivity index (χ2v) is 9.39. The number of fused-ring (bicyclic) bond motifs is 1. The van der Waals surface area contributed by atoms with Crippen LogP contribution >= 0.6 is 23.5 Å². The first-order chi connectivity index (χ1) is 13.7. The van der Waals surface area contributed by atoms with Gasteiger partial charge < -0.3 is 0 Å². The minimum atomic E-state index is -2.51. The zero-order valence-corrected chi connectivity index (χ0v) is 17.8. The van der Waals surface area contributed by atoms with Crippen molar-refractivity contribution >= 4 is 40.2 Å². The SMILES string of the molecule is CC(C)(C)C(=O)CSc1nc2ccccc2c(=O)n1-c1ccc(SC(F)F)cc1. The molecule has 29 heavy (non-hydrogen) atoms. The van der Waals surface area contributed by atoms with Gasteiger partial charge >= 0.3 is 0 Å². The topological polar surface area (TPSA) is 52.0 Å². The minimum absolute atomic E-state index is 0.0418. The molecule has 0 saturated heterocycles. The summed E-state index contributed by atoms with van der Waals surface area (Å²) in [5.74, 6) is -2.30. The Labute approximate surface area is 175 Å². The molecule has 0 bridgehead atoms. The zero-order valence-electron chi connectivity index (χ0n) is 16.2. The first-order valence-corrected chi connectivity index (χ1v) is 10.8. The van der Waals surface area contributed by atoms with Gasteiger partial charge in [-0.1, -0.05) is 56.4 Å². The fraction of sp³-hybridized carbons (Fsp3) is 0.286. The van der Waals surface area contributed by atoms with Gasteiger partial charge in [0.2, 0.25) is 0 Å². The van der Waals surface area contributed by atoms with Crippen LogP contribution in [-0.4, -0.2) is 26.8 Å². The van der Waals surface area contributed by atoms with Crippen LogP contribution in [-0.2, 0) is 4.79 Å². The van der Waals surface area contributed by atoms with E-state index < -0.39 is 11.2 Å². The number of carbonyl (C=O) groups excluding carboxylic acids is 1. The molecule has 3 aromatic rings. The number of aromatic nitrogens is 2. The molecule has 3 rings (SSSR count). The van der Waals surface area contributed by atoms with E-state index in [9.17, 15) is 18.4 Å². The van der Waals surface area contributed by atoms with E-state index in [1.807, 2.05) is 20.8 Å². The normalized spacial score (nSPS) is 11.9. The molecule has 0 radical (unpaired) electrons. The van der Waals surface area contributed by atoms with Crippen molar-refractivity contribution in [1.29, 1.82) is 0 Å². The molecule has 2 aromatic carbocycles. The highest BCUT2D eigenvalue weighted by atomic mass is 32.2. The number of carbonyl (C=O) groups is 1. The molecule has 0 aliphatic heterocycles. The minimum Gasteiger partial charge on any atom is -0.298 e. The van der Waals surface area contributed by atoms with E-state index in [4.69, 9.17) is 0 Å². The molecule has 0 unspecified atom stereocenters. The molecule has 4 nitrogen and oxygen atoms in total. The van der Waals surface area contributed by atoms with Crippen molar-refractivity contribution in [2.45, 2.75) is 36.6 Å². The molecule has 0 saturated carbocycles. The number of thioether (sulfide) groups is 2. The van der Waals surface area contributed by atoms with Crippen molar-refractivity contribution in [2.75, 3.05) is 5.75 Å². The second-order valence-electron chi connectivity index (χ2n) is 7.39. The molecule has 152 valence electrons. The summed E-state index contributed by atoms with van der Waals surface area (Å²) >= 11 is 1.64. The summed E-state index contributed by atoms with van der Waals surface area (Å²) in [7, 11) is 0. The van der Waals surface area contributed by atoms with E-state index >= 15 is 0 Å². The third-order valence-electron chi connectivity index (χ3n) is 4.23. The third-order valence-corrected chi connectivity index (χ3v) is 5.89. The lowest BCUT2D eigenvalue weighted by molar-refractivity contribution is -0.123. The van der Waals surface area contributed by atoms with E-state index in [-0.39, 0.29) is 17.1 Å². The second kappa shape index (κ2) is 8.67.